The van der Waals surface area contributed by atoms with Gasteiger partial charge in [0.05, 0.1) is 20.3 Å². The lowest BCUT2D eigenvalue weighted by Gasteiger charge is -2.30. The molecule has 0 amide bonds. The van der Waals surface area contributed by atoms with Gasteiger partial charge in [-0.1, -0.05) is 18.2 Å². The highest BCUT2D eigenvalue weighted by atomic mass is 16.8. The molecule has 0 radical (unpaired) electrons. The third-order valence-corrected chi connectivity index (χ3v) is 4.18. The average Bonchev–Trinajstić information content (AvgIpc) is 2.68. The molecule has 0 saturated carbocycles. The van der Waals surface area contributed by atoms with Gasteiger partial charge in [0.2, 0.25) is 6.10 Å². The minimum absolute atomic E-state index is 0.141. The predicted molar refractivity (Wildman–Crippen MR) is 99.2 cm³/mol. The molecule has 0 aromatic heterocycles. The summed E-state index contributed by atoms with van der Waals surface area (Å²) < 4.78 is 22.7. The topological polar surface area (TPSA) is 84.7 Å². The van der Waals surface area contributed by atoms with E-state index in [-0.39, 0.29) is 5.70 Å². The average molecular weight is 373 g/mol. The first-order valence-corrected chi connectivity index (χ1v) is 8.77. The van der Waals surface area contributed by atoms with Crippen molar-refractivity contribution in [2.24, 2.45) is 0 Å². The van der Waals surface area contributed by atoms with Gasteiger partial charge in [-0.05, 0) is 32.0 Å². The van der Waals surface area contributed by atoms with Crippen molar-refractivity contribution in [3.8, 4) is 23.0 Å². The van der Waals surface area contributed by atoms with Crippen LogP contribution in [0.5, 0.6) is 23.0 Å². The van der Waals surface area contributed by atoms with E-state index < -0.39 is 11.3 Å². The van der Waals surface area contributed by atoms with Crippen LogP contribution in [-0.2, 0) is 0 Å². The molecule has 2 aromatic rings. The van der Waals surface area contributed by atoms with E-state index in [9.17, 15) is 10.4 Å². The molecule has 2 atom stereocenters. The quantitative estimate of drug-likeness (QED) is 0.726. The molecule has 1 aliphatic heterocycles. The fourth-order valence-corrected chi connectivity index (χ4v) is 3.01. The second kappa shape index (κ2) is 8.30. The van der Waals surface area contributed by atoms with Gasteiger partial charge >= 0.3 is 0 Å². The number of hydrogen-bond acceptors (Lipinski definition) is 6. The van der Waals surface area contributed by atoms with Crippen LogP contribution in [0.4, 0.5) is 0 Å². The van der Waals surface area contributed by atoms with Crippen molar-refractivity contribution in [3.05, 3.63) is 58.4 Å². The van der Waals surface area contributed by atoms with E-state index in [4.69, 9.17) is 18.9 Å². The van der Waals surface area contributed by atoms with Gasteiger partial charge in [0.25, 0.3) is 0 Å². The second-order valence-electron chi connectivity index (χ2n) is 5.85. The van der Waals surface area contributed by atoms with Gasteiger partial charge in [-0.25, -0.2) is 5.21 Å². The van der Waals surface area contributed by atoms with Crippen LogP contribution in [0.3, 0.4) is 0 Å². The van der Waals surface area contributed by atoms with Crippen molar-refractivity contribution in [2.45, 2.75) is 20.0 Å². The zero-order chi connectivity index (χ0) is 19.4. The highest BCUT2D eigenvalue weighted by molar-refractivity contribution is 5.66. The lowest BCUT2D eigenvalue weighted by molar-refractivity contribution is -1.02. The lowest BCUT2D eigenvalue weighted by atomic mass is 10.00. The van der Waals surface area contributed by atoms with E-state index in [2.05, 4.69) is 0 Å². The maximum Gasteiger partial charge on any atom is 0.201 e. The fraction of sp³-hybridized carbons (Fsp3) is 0.300. The van der Waals surface area contributed by atoms with Crippen molar-refractivity contribution < 1.29 is 29.4 Å². The molecule has 0 saturated heterocycles. The normalized spacial score (nSPS) is 16.6. The standard InChI is InChI=1S/C20H23NO6/c1-4-25-16-10-9-14(12-18(16)26-5-2)19-15(21(22)23)11-13-7-6-8-17(24-3)20(13)27-19/h6-12,19,21-22H,4-5H2,1-3H3. The largest absolute Gasteiger partial charge is 0.595 e. The summed E-state index contributed by atoms with van der Waals surface area (Å²) in [6.07, 6.45) is 0.826. The molecule has 3 rings (SSSR count). The van der Waals surface area contributed by atoms with E-state index in [1.807, 2.05) is 13.8 Å². The Bertz CT molecular complexity index is 833. The van der Waals surface area contributed by atoms with Gasteiger partial charge in [-0.3, -0.25) is 0 Å². The number of methoxy groups -OCH3 is 1. The first kappa shape index (κ1) is 19.0. The molecule has 1 aliphatic rings. The maximum absolute atomic E-state index is 11.8. The Balaban J connectivity index is 2.06. The predicted octanol–water partition coefficient (Wildman–Crippen LogP) is 2.74. The van der Waals surface area contributed by atoms with E-state index in [0.717, 1.165) is 0 Å². The second-order valence-corrected chi connectivity index (χ2v) is 5.85. The molecule has 7 heteroatoms. The maximum atomic E-state index is 11.8. The van der Waals surface area contributed by atoms with Gasteiger partial charge in [0.1, 0.15) is 0 Å². The number of nitrogens with one attached hydrogen (secondary N) is 1. The summed E-state index contributed by atoms with van der Waals surface area (Å²) in [5.41, 5.74) is 1.47. The van der Waals surface area contributed by atoms with Gasteiger partial charge < -0.3 is 24.2 Å². The minimum Gasteiger partial charge on any atom is -0.595 e. The first-order valence-electron chi connectivity index (χ1n) is 8.77. The number of benzene rings is 2. The first-order chi connectivity index (χ1) is 13.1. The van der Waals surface area contributed by atoms with Gasteiger partial charge in [-0.2, -0.15) is 5.23 Å². The molecule has 0 bridgehead atoms. The minimum atomic E-state index is -1.04. The molecule has 2 N–H and O–H groups in total. The SMILES string of the molecule is CCOc1ccc(C2Oc3c(cccc3OC)C=C2[NH+]([O-])O)cc1OCC. The van der Waals surface area contributed by atoms with E-state index >= 15 is 0 Å². The van der Waals surface area contributed by atoms with Gasteiger partial charge in [-0.15, -0.1) is 0 Å². The summed E-state index contributed by atoms with van der Waals surface area (Å²) in [6, 6.07) is 10.7. The molecule has 0 spiro atoms. The van der Waals surface area contributed by atoms with Crippen LogP contribution < -0.4 is 24.2 Å². The Morgan fingerprint density at radius 3 is 2.48 bits per heavy atom. The molecule has 144 valence electrons. The van der Waals surface area contributed by atoms with Crippen molar-refractivity contribution in [3.63, 3.8) is 0 Å². The molecular formula is C20H23NO6. The molecular weight excluding hydrogens is 350 g/mol. The molecule has 27 heavy (non-hydrogen) atoms. The van der Waals surface area contributed by atoms with Gasteiger partial charge in [0, 0.05) is 17.2 Å². The lowest BCUT2D eigenvalue weighted by Crippen LogP contribution is -3.03. The number of rotatable bonds is 7. The molecule has 7 nitrogen and oxygen atoms in total. The summed E-state index contributed by atoms with van der Waals surface area (Å²) in [5, 5.41) is 20.5. The summed E-state index contributed by atoms with van der Waals surface area (Å²) in [7, 11) is 1.55. The Kier molecular flexibility index (Phi) is 5.85. The Hall–Kier alpha value is -2.74. The van der Waals surface area contributed by atoms with Crippen LogP contribution in [0.2, 0.25) is 0 Å². The summed E-state index contributed by atoms with van der Waals surface area (Å²) in [5.74, 6) is 2.23. The number of para-hydroxylation sites is 1. The molecule has 2 aromatic carbocycles. The van der Waals surface area contributed by atoms with Crippen molar-refractivity contribution in [2.75, 3.05) is 20.3 Å². The Morgan fingerprint density at radius 1 is 1.07 bits per heavy atom. The van der Waals surface area contributed by atoms with Crippen LogP contribution in [-0.4, -0.2) is 25.5 Å². The fourth-order valence-electron chi connectivity index (χ4n) is 3.01. The Morgan fingerprint density at radius 2 is 1.81 bits per heavy atom. The van der Waals surface area contributed by atoms with Crippen LogP contribution in [0.15, 0.2) is 42.1 Å². The van der Waals surface area contributed by atoms with Crippen molar-refractivity contribution in [1.82, 2.24) is 0 Å². The van der Waals surface area contributed by atoms with E-state index in [1.165, 1.54) is 0 Å². The zero-order valence-electron chi connectivity index (χ0n) is 15.5. The van der Waals surface area contributed by atoms with Gasteiger partial charge in [0.15, 0.2) is 28.7 Å². The van der Waals surface area contributed by atoms with Crippen molar-refractivity contribution in [1.29, 1.82) is 0 Å². The van der Waals surface area contributed by atoms with E-state index in [0.29, 0.717) is 47.3 Å². The number of fused-ring (bicyclic) bond motifs is 1. The highest BCUT2D eigenvalue weighted by Crippen LogP contribution is 2.42. The molecule has 1 heterocycles. The highest BCUT2D eigenvalue weighted by Gasteiger charge is 2.32. The zero-order valence-corrected chi connectivity index (χ0v) is 15.5. The number of ether oxygens (including phenoxy) is 4. The summed E-state index contributed by atoms with van der Waals surface area (Å²) in [4.78, 5) is 0. The van der Waals surface area contributed by atoms with Crippen LogP contribution in [0.25, 0.3) is 6.08 Å². The van der Waals surface area contributed by atoms with Crippen LogP contribution in [0, 0.1) is 5.21 Å². The van der Waals surface area contributed by atoms with E-state index in [1.54, 1.807) is 49.6 Å². The number of quaternary nitrogens is 1. The van der Waals surface area contributed by atoms with Crippen LogP contribution in [0.1, 0.15) is 31.1 Å². The summed E-state index contributed by atoms with van der Waals surface area (Å²) in [6.45, 7) is 4.74. The number of hydrogen-bond donors (Lipinski definition) is 2. The smallest absolute Gasteiger partial charge is 0.201 e. The third kappa shape index (κ3) is 3.85. The monoisotopic (exact) mass is 373 g/mol. The molecule has 0 aliphatic carbocycles. The summed E-state index contributed by atoms with van der Waals surface area (Å²) >= 11 is 0. The Labute approximate surface area is 157 Å². The molecule has 2 unspecified atom stereocenters. The van der Waals surface area contributed by atoms with Crippen molar-refractivity contribution >= 4 is 6.08 Å². The van der Waals surface area contributed by atoms with Crippen LogP contribution >= 0.6 is 0 Å². The molecule has 0 fully saturated rings. The third-order valence-electron chi connectivity index (χ3n) is 4.18. The number of hydroxylamine groups is 2.